The molecule has 0 radical (unpaired) electrons. The Kier molecular flexibility index (Phi) is 4.17. The van der Waals surface area contributed by atoms with Crippen molar-refractivity contribution in [3.8, 4) is 0 Å². The highest BCUT2D eigenvalue weighted by Gasteiger charge is 2.28. The molecule has 0 unspecified atom stereocenters. The molecule has 0 N–H and O–H groups in total. The van der Waals surface area contributed by atoms with Crippen LogP contribution in [0.25, 0.3) is 0 Å². The summed E-state index contributed by atoms with van der Waals surface area (Å²) in [7, 11) is 0. The van der Waals surface area contributed by atoms with Crippen LogP contribution in [0.5, 0.6) is 0 Å². The molecule has 0 bridgehead atoms. The van der Waals surface area contributed by atoms with Crippen LogP contribution in [0.1, 0.15) is 65.8 Å². The Balaban J connectivity index is 3.14. The Hall–Kier alpha value is -0.560. The van der Waals surface area contributed by atoms with Gasteiger partial charge in [0.25, 0.3) is 0 Å². The lowest BCUT2D eigenvalue weighted by Crippen LogP contribution is -2.21. The van der Waals surface area contributed by atoms with Gasteiger partial charge in [0.05, 0.1) is 0 Å². The monoisotopic (exact) mass is 264 g/mol. The molecule has 0 nitrogen and oxygen atoms in total. The predicted octanol–water partition coefficient (Wildman–Crippen LogP) is 5.93. The molecule has 0 aliphatic rings. The molecule has 18 heavy (non-hydrogen) atoms. The van der Waals surface area contributed by atoms with Gasteiger partial charge in [-0.05, 0) is 27.8 Å². The summed E-state index contributed by atoms with van der Waals surface area (Å²) in [5, 5.41) is 2.22. The summed E-state index contributed by atoms with van der Waals surface area (Å²) in [5.74, 6) is 0. The van der Waals surface area contributed by atoms with Gasteiger partial charge in [-0.1, -0.05) is 67.5 Å². The third-order valence-corrected chi connectivity index (χ3v) is 4.38. The molecule has 0 atom stereocenters. The van der Waals surface area contributed by atoms with Gasteiger partial charge < -0.3 is 0 Å². The van der Waals surface area contributed by atoms with Crippen LogP contribution in [0.2, 0.25) is 0 Å². The Bertz CT molecular complexity index is 419. The van der Waals surface area contributed by atoms with E-state index in [1.165, 1.54) is 10.4 Å². The van der Waals surface area contributed by atoms with E-state index in [-0.39, 0.29) is 16.2 Å². The third-order valence-electron chi connectivity index (χ3n) is 3.04. The van der Waals surface area contributed by atoms with Crippen LogP contribution in [0.15, 0.2) is 23.6 Å². The summed E-state index contributed by atoms with van der Waals surface area (Å²) in [6.45, 7) is 18.3. The minimum atomic E-state index is 0.107. The summed E-state index contributed by atoms with van der Waals surface area (Å²) in [4.78, 5) is 1.51. The minimum Gasteiger partial charge on any atom is -0.148 e. The maximum absolute atomic E-state index is 2.37. The van der Waals surface area contributed by atoms with Crippen molar-refractivity contribution in [1.82, 2.24) is 0 Å². The standard InChI is InChI=1S/C17H28S/c1-15(2,3)10-11-17(7,8)13-9-12-18-14(13)16(4,5)6/h9-12H,1-8H3/b11-10+. The van der Waals surface area contributed by atoms with Gasteiger partial charge in [0.2, 0.25) is 0 Å². The van der Waals surface area contributed by atoms with Crippen LogP contribution in [-0.2, 0) is 10.8 Å². The second kappa shape index (κ2) is 4.85. The molecule has 1 aromatic rings. The van der Waals surface area contributed by atoms with Gasteiger partial charge in [0.15, 0.2) is 0 Å². The molecule has 0 aromatic carbocycles. The number of thiophene rings is 1. The van der Waals surface area contributed by atoms with E-state index in [9.17, 15) is 0 Å². The normalized spacial score (nSPS) is 14.4. The number of hydrogen-bond acceptors (Lipinski definition) is 1. The van der Waals surface area contributed by atoms with E-state index < -0.39 is 0 Å². The van der Waals surface area contributed by atoms with Crippen molar-refractivity contribution in [2.24, 2.45) is 5.41 Å². The van der Waals surface area contributed by atoms with Crippen LogP contribution in [0.3, 0.4) is 0 Å². The van der Waals surface area contributed by atoms with Crippen LogP contribution in [0, 0.1) is 5.41 Å². The molecule has 1 aromatic heterocycles. The lowest BCUT2D eigenvalue weighted by Gasteiger charge is -2.28. The Morgan fingerprint density at radius 2 is 1.44 bits per heavy atom. The molecule has 102 valence electrons. The highest BCUT2D eigenvalue weighted by molar-refractivity contribution is 7.10. The predicted molar refractivity (Wildman–Crippen MR) is 84.6 cm³/mol. The number of rotatable bonds is 2. The van der Waals surface area contributed by atoms with Crippen LogP contribution < -0.4 is 0 Å². The van der Waals surface area contributed by atoms with Gasteiger partial charge in [-0.3, -0.25) is 0 Å². The fraction of sp³-hybridized carbons (Fsp3) is 0.647. The van der Waals surface area contributed by atoms with Crippen LogP contribution >= 0.6 is 11.3 Å². The summed E-state index contributed by atoms with van der Waals surface area (Å²) < 4.78 is 0. The van der Waals surface area contributed by atoms with E-state index >= 15 is 0 Å². The van der Waals surface area contributed by atoms with E-state index in [1.54, 1.807) is 0 Å². The smallest absolute Gasteiger partial charge is 0.0139 e. The van der Waals surface area contributed by atoms with Crippen molar-refractivity contribution in [3.05, 3.63) is 34.0 Å². The molecule has 1 rings (SSSR count). The maximum Gasteiger partial charge on any atom is 0.0139 e. The first-order valence-electron chi connectivity index (χ1n) is 6.72. The minimum absolute atomic E-state index is 0.107. The van der Waals surface area contributed by atoms with Gasteiger partial charge in [0, 0.05) is 10.3 Å². The molecular weight excluding hydrogens is 236 g/mol. The van der Waals surface area contributed by atoms with E-state index in [4.69, 9.17) is 0 Å². The zero-order valence-corrected chi connectivity index (χ0v) is 14.0. The zero-order chi connectivity index (χ0) is 14.2. The topological polar surface area (TPSA) is 0 Å². The molecule has 1 heteroatoms. The van der Waals surface area contributed by atoms with Gasteiger partial charge in [0.1, 0.15) is 0 Å². The molecular formula is C17H28S. The fourth-order valence-electron chi connectivity index (χ4n) is 1.95. The number of allylic oxidation sites excluding steroid dienone is 2. The molecule has 0 saturated carbocycles. The van der Waals surface area contributed by atoms with Crippen molar-refractivity contribution in [3.63, 3.8) is 0 Å². The van der Waals surface area contributed by atoms with Crippen molar-refractivity contribution >= 4 is 11.3 Å². The van der Waals surface area contributed by atoms with Gasteiger partial charge in [-0.25, -0.2) is 0 Å². The first kappa shape index (κ1) is 15.5. The third kappa shape index (κ3) is 3.98. The highest BCUT2D eigenvalue weighted by atomic mass is 32.1. The van der Waals surface area contributed by atoms with Gasteiger partial charge >= 0.3 is 0 Å². The highest BCUT2D eigenvalue weighted by Crippen LogP contribution is 2.39. The Morgan fingerprint density at radius 1 is 0.889 bits per heavy atom. The second-order valence-electron chi connectivity index (χ2n) is 7.83. The van der Waals surface area contributed by atoms with E-state index in [1.807, 2.05) is 11.3 Å². The average Bonchev–Trinajstić information content (AvgIpc) is 2.61. The summed E-state index contributed by atoms with van der Waals surface area (Å²) in [5.41, 5.74) is 2.06. The molecule has 0 aliphatic heterocycles. The zero-order valence-electron chi connectivity index (χ0n) is 13.2. The van der Waals surface area contributed by atoms with Crippen molar-refractivity contribution in [1.29, 1.82) is 0 Å². The van der Waals surface area contributed by atoms with E-state index in [0.717, 1.165) is 0 Å². The quantitative estimate of drug-likeness (QED) is 0.581. The molecule has 1 heterocycles. The summed E-state index contributed by atoms with van der Waals surface area (Å²) in [6, 6.07) is 2.29. The summed E-state index contributed by atoms with van der Waals surface area (Å²) in [6.07, 6.45) is 4.70. The van der Waals surface area contributed by atoms with Crippen LogP contribution in [0.4, 0.5) is 0 Å². The largest absolute Gasteiger partial charge is 0.148 e. The molecule has 0 saturated heterocycles. The van der Waals surface area contributed by atoms with E-state index in [2.05, 4.69) is 79.0 Å². The SMILES string of the molecule is CC(C)(C)/C=C/C(C)(C)c1ccsc1C(C)(C)C. The number of hydrogen-bond donors (Lipinski definition) is 0. The second-order valence-corrected chi connectivity index (χ2v) is 8.75. The van der Waals surface area contributed by atoms with Gasteiger partial charge in [-0.2, -0.15) is 0 Å². The summed E-state index contributed by atoms with van der Waals surface area (Å²) >= 11 is 1.88. The first-order chi connectivity index (χ1) is 7.93. The van der Waals surface area contributed by atoms with E-state index in [0.29, 0.717) is 0 Å². The lowest BCUT2D eigenvalue weighted by atomic mass is 9.78. The van der Waals surface area contributed by atoms with Crippen LogP contribution in [-0.4, -0.2) is 0 Å². The van der Waals surface area contributed by atoms with Crippen molar-refractivity contribution < 1.29 is 0 Å². The first-order valence-corrected chi connectivity index (χ1v) is 7.60. The average molecular weight is 264 g/mol. The Labute approximate surface area is 117 Å². The fourth-order valence-corrected chi connectivity index (χ4v) is 3.10. The molecule has 0 spiro atoms. The van der Waals surface area contributed by atoms with Gasteiger partial charge in [-0.15, -0.1) is 11.3 Å². The Morgan fingerprint density at radius 3 is 1.89 bits per heavy atom. The molecule has 0 amide bonds. The molecule has 0 fully saturated rings. The van der Waals surface area contributed by atoms with Crippen molar-refractivity contribution in [2.45, 2.75) is 66.2 Å². The van der Waals surface area contributed by atoms with Crippen molar-refractivity contribution in [2.75, 3.05) is 0 Å². The lowest BCUT2D eigenvalue weighted by molar-refractivity contribution is 0.527. The molecule has 0 aliphatic carbocycles. The maximum atomic E-state index is 2.37.